The highest BCUT2D eigenvalue weighted by molar-refractivity contribution is 5.13. The minimum absolute atomic E-state index is 0.151. The summed E-state index contributed by atoms with van der Waals surface area (Å²) in [4.78, 5) is 0. The molecule has 1 aromatic carbocycles. The molecule has 1 aromatic rings. The molecular weight excluding hydrogens is 244 g/mol. The average Bonchev–Trinajstić information content (AvgIpc) is 2.39. The van der Waals surface area contributed by atoms with Crippen LogP contribution in [-0.4, -0.2) is 40.7 Å². The highest BCUT2D eigenvalue weighted by Gasteiger charge is 2.29. The molecule has 0 saturated carbocycles. The van der Waals surface area contributed by atoms with Gasteiger partial charge >= 0.3 is 0 Å². The Morgan fingerprint density at radius 2 is 1.79 bits per heavy atom. The molecule has 2 atom stereocenters. The fraction of sp³-hybridized carbons (Fsp3) is 0.600. The molecule has 0 heterocycles. The third kappa shape index (κ3) is 5.70. The Kier molecular flexibility index (Phi) is 6.45. The molecule has 108 valence electrons. The van der Waals surface area contributed by atoms with Gasteiger partial charge in [-0.15, -0.1) is 0 Å². The molecule has 0 aromatic heterocycles. The van der Waals surface area contributed by atoms with Crippen molar-refractivity contribution in [2.75, 3.05) is 13.2 Å². The lowest BCUT2D eigenvalue weighted by molar-refractivity contribution is -0.0546. The van der Waals surface area contributed by atoms with Crippen LogP contribution in [0.2, 0.25) is 0 Å². The minimum atomic E-state index is -0.886. The van der Waals surface area contributed by atoms with Gasteiger partial charge in [0.2, 0.25) is 0 Å². The van der Waals surface area contributed by atoms with Crippen molar-refractivity contribution in [2.45, 2.75) is 39.1 Å². The Hall–Kier alpha value is -0.940. The van der Waals surface area contributed by atoms with Gasteiger partial charge in [-0.1, -0.05) is 44.2 Å². The van der Waals surface area contributed by atoms with Crippen LogP contribution in [0.5, 0.6) is 0 Å². The summed E-state index contributed by atoms with van der Waals surface area (Å²) in [5, 5.41) is 28.2. The summed E-state index contributed by atoms with van der Waals surface area (Å²) >= 11 is 0. The van der Waals surface area contributed by atoms with E-state index in [-0.39, 0.29) is 13.0 Å². The Balaban J connectivity index is 2.37. The van der Waals surface area contributed by atoms with Crippen molar-refractivity contribution in [2.24, 2.45) is 5.41 Å². The zero-order valence-electron chi connectivity index (χ0n) is 11.6. The standard InChI is InChI=1S/C15H24O4/c1-15(2,14(18)8-13(17)9-16)11-19-10-12-6-4-3-5-7-12/h3-7,13-14,16-18H,8-11H2,1-2H3/t13-,14+/m0/s1. The number of benzene rings is 1. The van der Waals surface area contributed by atoms with Crippen molar-refractivity contribution >= 4 is 0 Å². The lowest BCUT2D eigenvalue weighted by atomic mass is 9.84. The van der Waals surface area contributed by atoms with Gasteiger partial charge in [0.05, 0.1) is 32.0 Å². The Labute approximate surface area is 114 Å². The SMILES string of the molecule is CC(C)(COCc1ccccc1)[C@H](O)C[C@H](O)CO. The van der Waals surface area contributed by atoms with Gasteiger partial charge < -0.3 is 20.1 Å². The number of rotatable bonds is 8. The largest absolute Gasteiger partial charge is 0.394 e. The molecule has 0 aliphatic carbocycles. The van der Waals surface area contributed by atoms with Crippen molar-refractivity contribution < 1.29 is 20.1 Å². The van der Waals surface area contributed by atoms with Gasteiger partial charge in [0.25, 0.3) is 0 Å². The van der Waals surface area contributed by atoms with Crippen molar-refractivity contribution in [1.29, 1.82) is 0 Å². The Bertz CT molecular complexity index is 350. The van der Waals surface area contributed by atoms with E-state index in [0.29, 0.717) is 13.2 Å². The predicted molar refractivity (Wildman–Crippen MR) is 73.6 cm³/mol. The van der Waals surface area contributed by atoms with E-state index in [1.165, 1.54) is 0 Å². The first kappa shape index (κ1) is 16.1. The van der Waals surface area contributed by atoms with Crippen LogP contribution in [0.3, 0.4) is 0 Å². The van der Waals surface area contributed by atoms with Crippen LogP contribution in [0, 0.1) is 5.41 Å². The monoisotopic (exact) mass is 268 g/mol. The Morgan fingerprint density at radius 1 is 1.16 bits per heavy atom. The van der Waals surface area contributed by atoms with E-state index in [9.17, 15) is 10.2 Å². The first-order valence-corrected chi connectivity index (χ1v) is 6.54. The van der Waals surface area contributed by atoms with Gasteiger partial charge in [-0.25, -0.2) is 0 Å². The van der Waals surface area contributed by atoms with Crippen LogP contribution in [0.1, 0.15) is 25.8 Å². The third-order valence-electron chi connectivity index (χ3n) is 3.19. The van der Waals surface area contributed by atoms with Gasteiger partial charge in [-0.3, -0.25) is 0 Å². The average molecular weight is 268 g/mol. The topological polar surface area (TPSA) is 69.9 Å². The molecule has 1 rings (SSSR count). The number of ether oxygens (including phenoxy) is 1. The van der Waals surface area contributed by atoms with Crippen LogP contribution in [0.15, 0.2) is 30.3 Å². The van der Waals surface area contributed by atoms with Crippen molar-refractivity contribution in [3.05, 3.63) is 35.9 Å². The van der Waals surface area contributed by atoms with Gasteiger partial charge in [-0.2, -0.15) is 0 Å². The van der Waals surface area contributed by atoms with Gasteiger partial charge in [0, 0.05) is 11.8 Å². The van der Waals surface area contributed by atoms with E-state index in [1.807, 2.05) is 44.2 Å². The second-order valence-corrected chi connectivity index (χ2v) is 5.55. The zero-order chi connectivity index (χ0) is 14.3. The molecule has 0 spiro atoms. The normalized spacial score (nSPS) is 15.2. The summed E-state index contributed by atoms with van der Waals surface area (Å²) in [6.07, 6.45) is -1.45. The van der Waals surface area contributed by atoms with Crippen LogP contribution in [0.25, 0.3) is 0 Å². The van der Waals surface area contributed by atoms with Gasteiger partial charge in [-0.05, 0) is 5.56 Å². The number of hydrogen-bond acceptors (Lipinski definition) is 4. The molecular formula is C15H24O4. The molecule has 0 fully saturated rings. The van der Waals surface area contributed by atoms with E-state index < -0.39 is 17.6 Å². The van der Waals surface area contributed by atoms with E-state index in [4.69, 9.17) is 9.84 Å². The molecule has 3 N–H and O–H groups in total. The van der Waals surface area contributed by atoms with Crippen LogP contribution in [-0.2, 0) is 11.3 Å². The molecule has 0 unspecified atom stereocenters. The number of aliphatic hydroxyl groups is 3. The molecule has 4 nitrogen and oxygen atoms in total. The maximum atomic E-state index is 10.0. The summed E-state index contributed by atoms with van der Waals surface area (Å²) in [5.74, 6) is 0. The van der Waals surface area contributed by atoms with E-state index >= 15 is 0 Å². The molecule has 0 aliphatic rings. The quantitative estimate of drug-likeness (QED) is 0.665. The highest BCUT2D eigenvalue weighted by atomic mass is 16.5. The predicted octanol–water partition coefficient (Wildman–Crippen LogP) is 1.33. The van der Waals surface area contributed by atoms with E-state index in [0.717, 1.165) is 5.56 Å². The second kappa shape index (κ2) is 7.60. The molecule has 0 aliphatic heterocycles. The highest BCUT2D eigenvalue weighted by Crippen LogP contribution is 2.25. The maximum Gasteiger partial charge on any atom is 0.0795 e. The fourth-order valence-electron chi connectivity index (χ4n) is 1.75. The van der Waals surface area contributed by atoms with Crippen LogP contribution < -0.4 is 0 Å². The molecule has 4 heteroatoms. The third-order valence-corrected chi connectivity index (χ3v) is 3.19. The molecule has 0 saturated heterocycles. The second-order valence-electron chi connectivity index (χ2n) is 5.55. The van der Waals surface area contributed by atoms with E-state index in [1.54, 1.807) is 0 Å². The smallest absolute Gasteiger partial charge is 0.0795 e. The summed E-state index contributed by atoms with van der Waals surface area (Å²) < 4.78 is 5.62. The van der Waals surface area contributed by atoms with Crippen molar-refractivity contribution in [3.8, 4) is 0 Å². The van der Waals surface area contributed by atoms with Crippen molar-refractivity contribution in [3.63, 3.8) is 0 Å². The lowest BCUT2D eigenvalue weighted by Gasteiger charge is -2.31. The zero-order valence-corrected chi connectivity index (χ0v) is 11.6. The summed E-state index contributed by atoms with van der Waals surface area (Å²) in [6.45, 7) is 4.32. The number of aliphatic hydroxyl groups excluding tert-OH is 3. The summed E-state index contributed by atoms with van der Waals surface area (Å²) in [6, 6.07) is 9.83. The van der Waals surface area contributed by atoms with E-state index in [2.05, 4.69) is 0 Å². The number of hydrogen-bond donors (Lipinski definition) is 3. The first-order chi connectivity index (χ1) is 8.95. The maximum absolute atomic E-state index is 10.0. The van der Waals surface area contributed by atoms with Crippen LogP contribution in [0.4, 0.5) is 0 Å². The fourth-order valence-corrected chi connectivity index (χ4v) is 1.75. The summed E-state index contributed by atoms with van der Waals surface area (Å²) in [5.41, 5.74) is 0.619. The minimum Gasteiger partial charge on any atom is -0.394 e. The first-order valence-electron chi connectivity index (χ1n) is 6.54. The van der Waals surface area contributed by atoms with Gasteiger partial charge in [0.15, 0.2) is 0 Å². The lowest BCUT2D eigenvalue weighted by Crippen LogP contribution is -2.37. The Morgan fingerprint density at radius 3 is 2.37 bits per heavy atom. The van der Waals surface area contributed by atoms with Crippen LogP contribution >= 0.6 is 0 Å². The summed E-state index contributed by atoms with van der Waals surface area (Å²) in [7, 11) is 0. The molecule has 19 heavy (non-hydrogen) atoms. The van der Waals surface area contributed by atoms with Crippen molar-refractivity contribution in [1.82, 2.24) is 0 Å². The molecule has 0 amide bonds. The molecule has 0 bridgehead atoms. The van der Waals surface area contributed by atoms with Gasteiger partial charge in [0.1, 0.15) is 0 Å². The molecule has 0 radical (unpaired) electrons.